The zero-order valence-corrected chi connectivity index (χ0v) is 12.8. The monoisotopic (exact) mass is 326 g/mol. The minimum atomic E-state index is -0.154. The molecule has 1 aromatic rings. The van der Waals surface area contributed by atoms with Crippen LogP contribution in [0.3, 0.4) is 0 Å². The van der Waals surface area contributed by atoms with Crippen molar-refractivity contribution < 1.29 is 4.39 Å². The summed E-state index contributed by atoms with van der Waals surface area (Å²) >= 11 is 3.37. The van der Waals surface area contributed by atoms with Crippen LogP contribution in [-0.4, -0.2) is 30.6 Å². The molecule has 19 heavy (non-hydrogen) atoms. The lowest BCUT2D eigenvalue weighted by molar-refractivity contribution is 0.210. The van der Waals surface area contributed by atoms with E-state index in [9.17, 15) is 4.39 Å². The van der Waals surface area contributed by atoms with Crippen molar-refractivity contribution in [3.05, 3.63) is 34.1 Å². The standard InChI is InChI=1S/C15H20BrFN2/c1-2-15-14-7-18-6-11(14)9-19(15)8-10-3-12(16)5-13(17)4-10/h3-5,11,14-15,18H,2,6-9H2,1H3. The fourth-order valence-corrected chi connectivity index (χ4v) is 4.30. The van der Waals surface area contributed by atoms with Crippen LogP contribution < -0.4 is 5.32 Å². The average Bonchev–Trinajstić information content (AvgIpc) is 2.87. The Morgan fingerprint density at radius 3 is 2.95 bits per heavy atom. The Hall–Kier alpha value is -0.450. The predicted molar refractivity (Wildman–Crippen MR) is 78.4 cm³/mol. The van der Waals surface area contributed by atoms with Gasteiger partial charge in [0, 0.05) is 23.6 Å². The van der Waals surface area contributed by atoms with E-state index in [0.29, 0.717) is 6.04 Å². The Morgan fingerprint density at radius 2 is 2.21 bits per heavy atom. The van der Waals surface area contributed by atoms with Gasteiger partial charge in [-0.05, 0) is 55.1 Å². The molecule has 0 aromatic heterocycles. The topological polar surface area (TPSA) is 15.3 Å². The number of nitrogens with zero attached hydrogens (tertiary/aromatic N) is 1. The molecule has 4 heteroatoms. The van der Waals surface area contributed by atoms with Crippen molar-refractivity contribution in [2.45, 2.75) is 25.9 Å². The molecule has 3 rings (SSSR count). The second-order valence-corrected chi connectivity index (χ2v) is 6.68. The fourth-order valence-electron chi connectivity index (χ4n) is 3.79. The Bertz CT molecular complexity index is 445. The highest BCUT2D eigenvalue weighted by Gasteiger charge is 2.42. The van der Waals surface area contributed by atoms with Gasteiger partial charge in [0.2, 0.25) is 0 Å². The molecule has 0 saturated carbocycles. The van der Waals surface area contributed by atoms with Gasteiger partial charge >= 0.3 is 0 Å². The molecule has 3 atom stereocenters. The van der Waals surface area contributed by atoms with Gasteiger partial charge in [-0.1, -0.05) is 22.9 Å². The number of hydrogen-bond acceptors (Lipinski definition) is 2. The second-order valence-electron chi connectivity index (χ2n) is 5.76. The van der Waals surface area contributed by atoms with E-state index in [-0.39, 0.29) is 5.82 Å². The number of nitrogens with one attached hydrogen (secondary N) is 1. The van der Waals surface area contributed by atoms with Gasteiger partial charge < -0.3 is 5.32 Å². The third-order valence-corrected chi connectivity index (χ3v) is 5.01. The van der Waals surface area contributed by atoms with Gasteiger partial charge in [0.05, 0.1) is 0 Å². The zero-order valence-electron chi connectivity index (χ0n) is 11.2. The van der Waals surface area contributed by atoms with Crippen LogP contribution in [0.15, 0.2) is 22.7 Å². The molecule has 0 spiro atoms. The minimum Gasteiger partial charge on any atom is -0.316 e. The van der Waals surface area contributed by atoms with Gasteiger partial charge in [-0.15, -0.1) is 0 Å². The average molecular weight is 327 g/mol. The van der Waals surface area contributed by atoms with Crippen molar-refractivity contribution in [1.29, 1.82) is 0 Å². The zero-order chi connectivity index (χ0) is 13.4. The van der Waals surface area contributed by atoms with Crippen LogP contribution >= 0.6 is 15.9 Å². The van der Waals surface area contributed by atoms with Crippen LogP contribution in [0.1, 0.15) is 18.9 Å². The summed E-state index contributed by atoms with van der Waals surface area (Å²) in [6.07, 6.45) is 1.18. The van der Waals surface area contributed by atoms with E-state index >= 15 is 0 Å². The van der Waals surface area contributed by atoms with E-state index in [0.717, 1.165) is 48.1 Å². The second kappa shape index (κ2) is 5.51. The summed E-state index contributed by atoms with van der Waals surface area (Å²) < 4.78 is 14.3. The summed E-state index contributed by atoms with van der Waals surface area (Å²) in [4.78, 5) is 2.54. The predicted octanol–water partition coefficient (Wildman–Crippen LogP) is 3.02. The van der Waals surface area contributed by atoms with E-state index in [1.165, 1.54) is 12.5 Å². The molecule has 3 unspecified atom stereocenters. The largest absolute Gasteiger partial charge is 0.316 e. The lowest BCUT2D eigenvalue weighted by atomic mass is 9.93. The van der Waals surface area contributed by atoms with Crippen LogP contribution in [0.25, 0.3) is 0 Å². The summed E-state index contributed by atoms with van der Waals surface area (Å²) in [6.45, 7) is 6.56. The number of benzene rings is 1. The number of halogens is 2. The van der Waals surface area contributed by atoms with Crippen LogP contribution in [-0.2, 0) is 6.54 Å². The Kier molecular flexibility index (Phi) is 3.92. The Morgan fingerprint density at radius 1 is 1.37 bits per heavy atom. The van der Waals surface area contributed by atoms with Crippen molar-refractivity contribution in [2.75, 3.05) is 19.6 Å². The fraction of sp³-hybridized carbons (Fsp3) is 0.600. The van der Waals surface area contributed by atoms with Crippen molar-refractivity contribution in [3.8, 4) is 0 Å². The van der Waals surface area contributed by atoms with Crippen molar-refractivity contribution in [1.82, 2.24) is 10.2 Å². The van der Waals surface area contributed by atoms with E-state index in [4.69, 9.17) is 0 Å². The maximum absolute atomic E-state index is 13.5. The quantitative estimate of drug-likeness (QED) is 0.918. The van der Waals surface area contributed by atoms with Gasteiger partial charge in [0.25, 0.3) is 0 Å². The molecule has 2 aliphatic rings. The first kappa shape index (κ1) is 13.5. The minimum absolute atomic E-state index is 0.154. The third-order valence-electron chi connectivity index (χ3n) is 4.55. The van der Waals surface area contributed by atoms with E-state index in [1.54, 1.807) is 6.07 Å². The van der Waals surface area contributed by atoms with Crippen LogP contribution in [0.4, 0.5) is 4.39 Å². The summed E-state index contributed by atoms with van der Waals surface area (Å²) in [5.74, 6) is 1.41. The molecule has 0 bridgehead atoms. The van der Waals surface area contributed by atoms with Gasteiger partial charge in [-0.3, -0.25) is 4.90 Å². The van der Waals surface area contributed by atoms with E-state index in [2.05, 4.69) is 33.1 Å². The van der Waals surface area contributed by atoms with E-state index in [1.807, 2.05) is 6.07 Å². The summed E-state index contributed by atoms with van der Waals surface area (Å²) in [7, 11) is 0. The SMILES string of the molecule is CCC1C2CNCC2CN1Cc1cc(F)cc(Br)c1. The molecule has 2 nitrogen and oxygen atoms in total. The lowest BCUT2D eigenvalue weighted by Gasteiger charge is -2.26. The molecule has 2 saturated heterocycles. The summed E-state index contributed by atoms with van der Waals surface area (Å²) in [5.41, 5.74) is 1.07. The molecule has 2 aliphatic heterocycles. The van der Waals surface area contributed by atoms with Gasteiger partial charge in [-0.25, -0.2) is 4.39 Å². The highest BCUT2D eigenvalue weighted by molar-refractivity contribution is 9.10. The molecule has 1 aromatic carbocycles. The molecule has 2 fully saturated rings. The highest BCUT2D eigenvalue weighted by Crippen LogP contribution is 2.35. The molecule has 0 aliphatic carbocycles. The normalized spacial score (nSPS) is 30.8. The number of hydrogen-bond donors (Lipinski definition) is 1. The van der Waals surface area contributed by atoms with Crippen LogP contribution in [0.2, 0.25) is 0 Å². The smallest absolute Gasteiger partial charge is 0.124 e. The van der Waals surface area contributed by atoms with Crippen molar-refractivity contribution in [2.24, 2.45) is 11.8 Å². The van der Waals surface area contributed by atoms with Crippen LogP contribution in [0, 0.1) is 17.7 Å². The Labute approximate surface area is 122 Å². The first-order valence-electron chi connectivity index (χ1n) is 7.07. The molecule has 2 heterocycles. The van der Waals surface area contributed by atoms with Gasteiger partial charge in [0.15, 0.2) is 0 Å². The molecular formula is C15H20BrFN2. The first-order chi connectivity index (χ1) is 9.17. The summed E-state index contributed by atoms with van der Waals surface area (Å²) in [6, 6.07) is 5.84. The van der Waals surface area contributed by atoms with Crippen molar-refractivity contribution >= 4 is 15.9 Å². The van der Waals surface area contributed by atoms with Crippen LogP contribution in [0.5, 0.6) is 0 Å². The highest BCUT2D eigenvalue weighted by atomic mass is 79.9. The van der Waals surface area contributed by atoms with Crippen molar-refractivity contribution in [3.63, 3.8) is 0 Å². The maximum atomic E-state index is 13.5. The van der Waals surface area contributed by atoms with Gasteiger partial charge in [-0.2, -0.15) is 0 Å². The van der Waals surface area contributed by atoms with E-state index < -0.39 is 0 Å². The number of likely N-dealkylation sites (tertiary alicyclic amines) is 1. The first-order valence-corrected chi connectivity index (χ1v) is 7.86. The summed E-state index contributed by atoms with van der Waals surface area (Å²) in [5, 5.41) is 3.50. The number of fused-ring (bicyclic) bond motifs is 1. The number of rotatable bonds is 3. The molecule has 0 amide bonds. The molecule has 104 valence electrons. The molecular weight excluding hydrogens is 307 g/mol. The Balaban J connectivity index is 1.75. The lowest BCUT2D eigenvalue weighted by Crippen LogP contribution is -2.34. The molecule has 0 radical (unpaired) electrons. The van der Waals surface area contributed by atoms with Gasteiger partial charge in [0.1, 0.15) is 5.82 Å². The maximum Gasteiger partial charge on any atom is 0.124 e. The molecule has 1 N–H and O–H groups in total. The third kappa shape index (κ3) is 2.71.